The fourth-order valence-electron chi connectivity index (χ4n) is 1.34. The number of hydrogen-bond acceptors (Lipinski definition) is 3. The first kappa shape index (κ1) is 8.53. The molecule has 2 fully saturated rings. The maximum Gasteiger partial charge on any atom is 0.335 e. The summed E-state index contributed by atoms with van der Waals surface area (Å²) in [6, 6.07) is 0. The highest BCUT2D eigenvalue weighted by atomic mass is 16.6. The van der Waals surface area contributed by atoms with Gasteiger partial charge >= 0.3 is 5.97 Å². The second-order valence-electron chi connectivity index (χ2n) is 2.47. The molecule has 64 valence electrons. The predicted molar refractivity (Wildman–Crippen MR) is 40.2 cm³/mol. The molecule has 3 heteroatoms. The molecule has 11 heavy (non-hydrogen) atoms. The van der Waals surface area contributed by atoms with Gasteiger partial charge in [0.1, 0.15) is 0 Å². The van der Waals surface area contributed by atoms with Crippen LogP contribution in [-0.4, -0.2) is 25.3 Å². The molecule has 3 nitrogen and oxygen atoms in total. The van der Waals surface area contributed by atoms with Crippen LogP contribution in [0.15, 0.2) is 0 Å². The van der Waals surface area contributed by atoms with Crippen LogP contribution in [0.5, 0.6) is 0 Å². The van der Waals surface area contributed by atoms with Crippen LogP contribution in [-0.2, 0) is 14.3 Å². The molecule has 0 N–H and O–H groups in total. The van der Waals surface area contributed by atoms with Gasteiger partial charge in [-0.05, 0) is 6.42 Å². The largest absolute Gasteiger partial charge is 0.463 e. The lowest BCUT2D eigenvalue weighted by molar-refractivity contribution is -0.146. The predicted octanol–water partition coefficient (Wildman–Crippen LogP) is 0.974. The van der Waals surface area contributed by atoms with Gasteiger partial charge in [-0.25, -0.2) is 4.79 Å². The average molecular weight is 158 g/mol. The molecule has 0 aliphatic carbocycles. The molecular weight excluding hydrogens is 144 g/mol. The molecular formula is C8H14O3. The second kappa shape index (κ2) is 3.72. The third kappa shape index (κ3) is 1.53. The standard InChI is InChI=1S/C6H8O3.C2H6/c7-6-5-4(3-9-6)1-2-8-5;1-2/h4-5H,1-3H2;1-2H3. The van der Waals surface area contributed by atoms with Crippen molar-refractivity contribution in [2.45, 2.75) is 26.4 Å². The molecule has 0 saturated carbocycles. The molecule has 0 radical (unpaired) electrons. The minimum absolute atomic E-state index is 0.169. The molecule has 2 rings (SSSR count). The van der Waals surface area contributed by atoms with Gasteiger partial charge in [0.05, 0.1) is 6.61 Å². The Morgan fingerprint density at radius 3 is 2.82 bits per heavy atom. The number of fused-ring (bicyclic) bond motifs is 1. The normalized spacial score (nSPS) is 33.8. The minimum atomic E-state index is -0.218. The molecule has 2 saturated heterocycles. The van der Waals surface area contributed by atoms with Gasteiger partial charge in [-0.3, -0.25) is 0 Å². The number of carbonyl (C=O) groups is 1. The summed E-state index contributed by atoms with van der Waals surface area (Å²) in [6.07, 6.45) is 0.765. The number of rotatable bonds is 0. The van der Waals surface area contributed by atoms with Gasteiger partial charge in [0.25, 0.3) is 0 Å². The van der Waals surface area contributed by atoms with Crippen molar-refractivity contribution in [3.63, 3.8) is 0 Å². The van der Waals surface area contributed by atoms with Crippen LogP contribution in [0.1, 0.15) is 20.3 Å². The Labute approximate surface area is 66.7 Å². The van der Waals surface area contributed by atoms with Crippen LogP contribution in [0.2, 0.25) is 0 Å². The lowest BCUT2D eigenvalue weighted by atomic mass is 10.1. The highest BCUT2D eigenvalue weighted by molar-refractivity contribution is 5.77. The molecule has 2 aliphatic rings. The summed E-state index contributed by atoms with van der Waals surface area (Å²) in [7, 11) is 0. The Balaban J connectivity index is 0.000000281. The monoisotopic (exact) mass is 158 g/mol. The molecule has 0 aromatic heterocycles. The van der Waals surface area contributed by atoms with Gasteiger partial charge in [-0.1, -0.05) is 13.8 Å². The van der Waals surface area contributed by atoms with Crippen molar-refractivity contribution in [2.24, 2.45) is 5.92 Å². The van der Waals surface area contributed by atoms with Crippen molar-refractivity contribution in [2.75, 3.05) is 13.2 Å². The van der Waals surface area contributed by atoms with Crippen LogP contribution in [0.3, 0.4) is 0 Å². The lowest BCUT2D eigenvalue weighted by Crippen LogP contribution is -2.17. The summed E-state index contributed by atoms with van der Waals surface area (Å²) in [5.74, 6) is 0.190. The third-order valence-corrected chi connectivity index (χ3v) is 1.89. The zero-order valence-electron chi connectivity index (χ0n) is 7.00. The minimum Gasteiger partial charge on any atom is -0.463 e. The Morgan fingerprint density at radius 1 is 1.45 bits per heavy atom. The maximum absolute atomic E-state index is 10.7. The van der Waals surface area contributed by atoms with Gasteiger partial charge in [-0.2, -0.15) is 0 Å². The fourth-order valence-corrected chi connectivity index (χ4v) is 1.34. The van der Waals surface area contributed by atoms with Crippen LogP contribution in [0, 0.1) is 5.92 Å². The van der Waals surface area contributed by atoms with Crippen molar-refractivity contribution in [1.82, 2.24) is 0 Å². The van der Waals surface area contributed by atoms with Crippen LogP contribution < -0.4 is 0 Å². The number of hydrogen-bond donors (Lipinski definition) is 0. The number of ether oxygens (including phenoxy) is 2. The van der Waals surface area contributed by atoms with Crippen molar-refractivity contribution in [3.05, 3.63) is 0 Å². The van der Waals surface area contributed by atoms with Gasteiger partial charge in [-0.15, -0.1) is 0 Å². The van der Waals surface area contributed by atoms with E-state index in [0.29, 0.717) is 12.5 Å². The molecule has 0 aromatic carbocycles. The molecule has 2 heterocycles. The van der Waals surface area contributed by atoms with Gasteiger partial charge < -0.3 is 9.47 Å². The zero-order chi connectivity index (χ0) is 8.27. The Morgan fingerprint density at radius 2 is 2.18 bits per heavy atom. The van der Waals surface area contributed by atoms with E-state index in [9.17, 15) is 4.79 Å². The van der Waals surface area contributed by atoms with Crippen molar-refractivity contribution < 1.29 is 14.3 Å². The Hall–Kier alpha value is -0.570. The van der Waals surface area contributed by atoms with E-state index in [1.54, 1.807) is 0 Å². The lowest BCUT2D eigenvalue weighted by Gasteiger charge is -1.98. The smallest absolute Gasteiger partial charge is 0.335 e. The van der Waals surface area contributed by atoms with E-state index in [0.717, 1.165) is 13.0 Å². The van der Waals surface area contributed by atoms with E-state index in [1.165, 1.54) is 0 Å². The van der Waals surface area contributed by atoms with Gasteiger partial charge in [0.2, 0.25) is 0 Å². The van der Waals surface area contributed by atoms with Crippen LogP contribution >= 0.6 is 0 Å². The highest BCUT2D eigenvalue weighted by Crippen LogP contribution is 2.27. The first-order valence-corrected chi connectivity index (χ1v) is 4.16. The molecule has 0 amide bonds. The molecule has 2 unspecified atom stereocenters. The van der Waals surface area contributed by atoms with Gasteiger partial charge in [0.15, 0.2) is 6.10 Å². The summed E-state index contributed by atoms with van der Waals surface area (Å²) in [6.45, 7) is 5.30. The summed E-state index contributed by atoms with van der Waals surface area (Å²) in [5, 5.41) is 0. The average Bonchev–Trinajstić information content (AvgIpc) is 2.60. The zero-order valence-corrected chi connectivity index (χ0v) is 7.00. The van der Waals surface area contributed by atoms with E-state index in [-0.39, 0.29) is 12.1 Å². The molecule has 2 aliphatic heterocycles. The van der Waals surface area contributed by atoms with E-state index >= 15 is 0 Å². The molecule has 0 spiro atoms. The number of carbonyl (C=O) groups excluding carboxylic acids is 1. The molecule has 2 atom stereocenters. The topological polar surface area (TPSA) is 35.5 Å². The van der Waals surface area contributed by atoms with E-state index in [4.69, 9.17) is 9.47 Å². The number of cyclic esters (lactones) is 1. The second-order valence-corrected chi connectivity index (χ2v) is 2.47. The van der Waals surface area contributed by atoms with Crippen LogP contribution in [0.4, 0.5) is 0 Å². The van der Waals surface area contributed by atoms with Crippen molar-refractivity contribution in [1.29, 1.82) is 0 Å². The summed E-state index contributed by atoms with van der Waals surface area (Å²) < 4.78 is 9.87. The third-order valence-electron chi connectivity index (χ3n) is 1.89. The summed E-state index contributed by atoms with van der Waals surface area (Å²) in [4.78, 5) is 10.7. The SMILES string of the molecule is CC.O=C1OCC2CCOC12. The van der Waals surface area contributed by atoms with E-state index < -0.39 is 0 Å². The Kier molecular flexibility index (Phi) is 2.88. The highest BCUT2D eigenvalue weighted by Gasteiger charge is 2.41. The van der Waals surface area contributed by atoms with Gasteiger partial charge in [0, 0.05) is 12.5 Å². The van der Waals surface area contributed by atoms with E-state index in [1.807, 2.05) is 13.8 Å². The Bertz CT molecular complexity index is 144. The van der Waals surface area contributed by atoms with Crippen LogP contribution in [0.25, 0.3) is 0 Å². The fraction of sp³-hybridized carbons (Fsp3) is 0.875. The number of esters is 1. The summed E-state index contributed by atoms with van der Waals surface area (Å²) in [5.41, 5.74) is 0. The van der Waals surface area contributed by atoms with E-state index in [2.05, 4.69) is 0 Å². The summed E-state index contributed by atoms with van der Waals surface area (Å²) >= 11 is 0. The first-order chi connectivity index (χ1) is 5.38. The molecule has 0 bridgehead atoms. The quantitative estimate of drug-likeness (QED) is 0.493. The maximum atomic E-state index is 10.7. The van der Waals surface area contributed by atoms with Crippen molar-refractivity contribution in [3.8, 4) is 0 Å². The first-order valence-electron chi connectivity index (χ1n) is 4.16. The molecule has 0 aromatic rings. The van der Waals surface area contributed by atoms with Crippen molar-refractivity contribution >= 4 is 5.97 Å².